The summed E-state index contributed by atoms with van der Waals surface area (Å²) in [6.07, 6.45) is 4.14. The van der Waals surface area contributed by atoms with Crippen LogP contribution in [0.25, 0.3) is 0 Å². The Balaban J connectivity index is 1.35. The van der Waals surface area contributed by atoms with Crippen molar-refractivity contribution in [3.63, 3.8) is 0 Å². The molecule has 0 amide bonds. The van der Waals surface area contributed by atoms with Crippen LogP contribution in [0.15, 0.2) is 97.1 Å². The first kappa shape index (κ1) is 26.0. The Hall–Kier alpha value is -4.58. The van der Waals surface area contributed by atoms with E-state index in [0.29, 0.717) is 28.5 Å². The van der Waals surface area contributed by atoms with Crippen molar-refractivity contribution in [1.82, 2.24) is 0 Å². The Kier molecular flexibility index (Phi) is 7.37. The van der Waals surface area contributed by atoms with Crippen molar-refractivity contribution in [1.29, 1.82) is 0 Å². The smallest absolute Gasteiger partial charge is 0.343 e. The predicted molar refractivity (Wildman–Crippen MR) is 147 cm³/mol. The highest BCUT2D eigenvalue weighted by atomic mass is 16.5. The second-order valence-corrected chi connectivity index (χ2v) is 10.2. The third kappa shape index (κ3) is 5.80. The fraction of sp³-hybridized carbons (Fsp3) is 0.212. The first-order valence-electron chi connectivity index (χ1n) is 13.1. The molecule has 6 nitrogen and oxygen atoms in total. The van der Waals surface area contributed by atoms with Crippen LogP contribution in [0.5, 0.6) is 23.0 Å². The molecule has 0 bridgehead atoms. The summed E-state index contributed by atoms with van der Waals surface area (Å²) >= 11 is 0. The van der Waals surface area contributed by atoms with Gasteiger partial charge in [-0.2, -0.15) is 0 Å². The fourth-order valence-electron chi connectivity index (χ4n) is 5.21. The van der Waals surface area contributed by atoms with Crippen LogP contribution in [-0.2, 0) is 5.41 Å². The standard InChI is InChI=1S/C33H30O6/c1-22-18-20-33(21-19-22,25-6-14-29(15-7-25)38-31(36)23-2-10-27(34)11-3-23)26-8-16-30(17-9-26)39-32(37)24-4-12-28(35)13-5-24/h2-17,22,34-35H,18-21H2,1H3. The van der Waals surface area contributed by atoms with Gasteiger partial charge in [-0.1, -0.05) is 31.2 Å². The number of carbonyl (C=O) groups is 2. The van der Waals surface area contributed by atoms with Gasteiger partial charge in [0.25, 0.3) is 0 Å². The summed E-state index contributed by atoms with van der Waals surface area (Å²) in [5.74, 6) is 0.760. The number of ether oxygens (including phenoxy) is 2. The Morgan fingerprint density at radius 1 is 0.615 bits per heavy atom. The first-order valence-corrected chi connectivity index (χ1v) is 13.1. The second kappa shape index (κ2) is 11.0. The van der Waals surface area contributed by atoms with E-state index in [-0.39, 0.29) is 16.9 Å². The summed E-state index contributed by atoms with van der Waals surface area (Å²) in [6, 6.07) is 27.3. The molecule has 0 aliphatic heterocycles. The molecule has 1 aliphatic carbocycles. The Bertz CT molecular complexity index is 1330. The Labute approximate surface area is 227 Å². The number of aromatic hydroxyl groups is 2. The SMILES string of the molecule is CC1CCC(c2ccc(OC(=O)c3ccc(O)cc3)cc2)(c2ccc(OC(=O)c3ccc(O)cc3)cc2)CC1. The average Bonchev–Trinajstić information content (AvgIpc) is 2.95. The minimum atomic E-state index is -0.485. The second-order valence-electron chi connectivity index (χ2n) is 10.2. The molecule has 198 valence electrons. The lowest BCUT2D eigenvalue weighted by atomic mass is 9.63. The van der Waals surface area contributed by atoms with Gasteiger partial charge in [0, 0.05) is 5.41 Å². The van der Waals surface area contributed by atoms with Crippen LogP contribution >= 0.6 is 0 Å². The molecule has 5 rings (SSSR count). The van der Waals surface area contributed by atoms with Crippen LogP contribution in [0.4, 0.5) is 0 Å². The van der Waals surface area contributed by atoms with Gasteiger partial charge >= 0.3 is 11.9 Å². The molecule has 4 aromatic rings. The molecule has 0 saturated heterocycles. The molecule has 0 unspecified atom stereocenters. The number of phenolic OH excluding ortho intramolecular Hbond substituents is 2. The predicted octanol–water partition coefficient (Wildman–Crippen LogP) is 7.03. The number of hydrogen-bond donors (Lipinski definition) is 2. The lowest BCUT2D eigenvalue weighted by Crippen LogP contribution is -2.32. The van der Waals surface area contributed by atoms with Crippen molar-refractivity contribution in [3.8, 4) is 23.0 Å². The molecule has 39 heavy (non-hydrogen) atoms. The minimum absolute atomic E-state index is 0.0894. The van der Waals surface area contributed by atoms with E-state index in [9.17, 15) is 19.8 Å². The largest absolute Gasteiger partial charge is 0.508 e. The molecular weight excluding hydrogens is 492 g/mol. The highest BCUT2D eigenvalue weighted by Crippen LogP contribution is 2.47. The van der Waals surface area contributed by atoms with Crippen LogP contribution in [0, 0.1) is 5.92 Å². The van der Waals surface area contributed by atoms with Crippen LogP contribution in [-0.4, -0.2) is 22.2 Å². The van der Waals surface area contributed by atoms with E-state index in [1.54, 1.807) is 0 Å². The first-order chi connectivity index (χ1) is 18.8. The van der Waals surface area contributed by atoms with E-state index in [4.69, 9.17) is 9.47 Å². The zero-order valence-electron chi connectivity index (χ0n) is 21.7. The number of hydrogen-bond acceptors (Lipinski definition) is 6. The molecule has 1 fully saturated rings. The van der Waals surface area contributed by atoms with Crippen molar-refractivity contribution in [2.45, 2.75) is 38.0 Å². The number of benzene rings is 4. The third-order valence-electron chi connectivity index (χ3n) is 7.57. The summed E-state index contributed by atoms with van der Waals surface area (Å²) < 4.78 is 11.1. The average molecular weight is 523 g/mol. The lowest BCUT2D eigenvalue weighted by Gasteiger charge is -2.40. The number of phenols is 2. The summed E-state index contributed by atoms with van der Waals surface area (Å²) in [5.41, 5.74) is 2.81. The van der Waals surface area contributed by atoms with Gasteiger partial charge in [0.2, 0.25) is 0 Å². The van der Waals surface area contributed by atoms with Gasteiger partial charge in [-0.25, -0.2) is 9.59 Å². The highest BCUT2D eigenvalue weighted by Gasteiger charge is 2.37. The van der Waals surface area contributed by atoms with E-state index in [1.165, 1.54) is 48.5 Å². The quantitative estimate of drug-likeness (QED) is 0.209. The van der Waals surface area contributed by atoms with Crippen molar-refractivity contribution in [3.05, 3.63) is 119 Å². The molecule has 2 N–H and O–H groups in total. The maximum absolute atomic E-state index is 12.5. The summed E-state index contributed by atoms with van der Waals surface area (Å²) in [6.45, 7) is 2.28. The molecule has 6 heteroatoms. The van der Waals surface area contributed by atoms with Gasteiger partial charge in [-0.15, -0.1) is 0 Å². The van der Waals surface area contributed by atoms with E-state index in [2.05, 4.69) is 6.92 Å². The van der Waals surface area contributed by atoms with Crippen molar-refractivity contribution in [2.75, 3.05) is 0 Å². The Morgan fingerprint density at radius 3 is 1.33 bits per heavy atom. The van der Waals surface area contributed by atoms with Crippen LogP contribution in [0.2, 0.25) is 0 Å². The molecule has 0 atom stereocenters. The van der Waals surface area contributed by atoms with Gasteiger partial charge in [0.05, 0.1) is 11.1 Å². The van der Waals surface area contributed by atoms with E-state index >= 15 is 0 Å². The fourth-order valence-corrected chi connectivity index (χ4v) is 5.21. The van der Waals surface area contributed by atoms with Crippen molar-refractivity contribution in [2.24, 2.45) is 5.92 Å². The van der Waals surface area contributed by atoms with Gasteiger partial charge in [0.1, 0.15) is 23.0 Å². The molecule has 0 aromatic heterocycles. The zero-order chi connectivity index (χ0) is 27.4. The topological polar surface area (TPSA) is 93.1 Å². The Morgan fingerprint density at radius 2 is 0.974 bits per heavy atom. The molecule has 0 spiro atoms. The normalized spacial score (nSPS) is 14.9. The summed E-state index contributed by atoms with van der Waals surface area (Å²) in [7, 11) is 0. The van der Waals surface area contributed by atoms with Gasteiger partial charge < -0.3 is 19.7 Å². The van der Waals surface area contributed by atoms with Gasteiger partial charge in [0.15, 0.2) is 0 Å². The van der Waals surface area contributed by atoms with E-state index < -0.39 is 11.9 Å². The number of rotatable bonds is 6. The lowest BCUT2D eigenvalue weighted by molar-refractivity contribution is 0.0725. The highest BCUT2D eigenvalue weighted by molar-refractivity contribution is 5.91. The third-order valence-corrected chi connectivity index (χ3v) is 7.57. The maximum Gasteiger partial charge on any atom is 0.343 e. The number of carbonyl (C=O) groups excluding carboxylic acids is 2. The zero-order valence-corrected chi connectivity index (χ0v) is 21.7. The van der Waals surface area contributed by atoms with E-state index in [1.807, 2.05) is 48.5 Å². The molecule has 4 aromatic carbocycles. The van der Waals surface area contributed by atoms with Crippen molar-refractivity contribution < 1.29 is 29.3 Å². The molecule has 0 radical (unpaired) electrons. The van der Waals surface area contributed by atoms with E-state index in [0.717, 1.165) is 36.8 Å². The maximum atomic E-state index is 12.5. The van der Waals surface area contributed by atoms with Gasteiger partial charge in [-0.3, -0.25) is 0 Å². The number of esters is 2. The summed E-state index contributed by atoms with van der Waals surface area (Å²) in [4.78, 5) is 25.0. The molecular formula is C33H30O6. The van der Waals surface area contributed by atoms with Gasteiger partial charge in [-0.05, 0) is 116 Å². The monoisotopic (exact) mass is 522 g/mol. The van der Waals surface area contributed by atoms with Crippen LogP contribution < -0.4 is 9.47 Å². The molecule has 0 heterocycles. The molecule has 1 saturated carbocycles. The van der Waals surface area contributed by atoms with Crippen molar-refractivity contribution >= 4 is 11.9 Å². The summed E-state index contributed by atoms with van der Waals surface area (Å²) in [5, 5.41) is 18.9. The van der Waals surface area contributed by atoms with Crippen LogP contribution in [0.1, 0.15) is 64.4 Å². The molecule has 1 aliphatic rings. The minimum Gasteiger partial charge on any atom is -0.508 e. The van der Waals surface area contributed by atoms with Crippen LogP contribution in [0.3, 0.4) is 0 Å².